The highest BCUT2D eigenvalue weighted by atomic mass is 16.5. The molecule has 2 heteroatoms. The Morgan fingerprint density at radius 3 is 2.37 bits per heavy atom. The predicted molar refractivity (Wildman–Crippen MR) is 77.5 cm³/mol. The van der Waals surface area contributed by atoms with Gasteiger partial charge in [-0.3, -0.25) is 0 Å². The van der Waals surface area contributed by atoms with E-state index in [9.17, 15) is 5.11 Å². The van der Waals surface area contributed by atoms with E-state index in [1.165, 1.54) is 6.42 Å². The van der Waals surface area contributed by atoms with Gasteiger partial charge in [0.1, 0.15) is 5.75 Å². The molecule has 19 heavy (non-hydrogen) atoms. The van der Waals surface area contributed by atoms with Crippen molar-refractivity contribution in [2.24, 2.45) is 0 Å². The highest BCUT2D eigenvalue weighted by Crippen LogP contribution is 2.38. The number of fused-ring (bicyclic) bond motifs is 1. The summed E-state index contributed by atoms with van der Waals surface area (Å²) in [6, 6.07) is 12.3. The highest BCUT2D eigenvalue weighted by Gasteiger charge is 2.31. The fraction of sp³-hybridized carbons (Fsp3) is 0.412. The molecule has 0 bridgehead atoms. The lowest BCUT2D eigenvalue weighted by molar-refractivity contribution is -0.000507. The largest absolute Gasteiger partial charge is 0.497 e. The van der Waals surface area contributed by atoms with Crippen LogP contribution in [-0.4, -0.2) is 12.2 Å². The zero-order chi connectivity index (χ0) is 13.3. The van der Waals surface area contributed by atoms with Crippen LogP contribution in [0.3, 0.4) is 0 Å². The topological polar surface area (TPSA) is 29.5 Å². The van der Waals surface area contributed by atoms with E-state index in [2.05, 4.69) is 24.3 Å². The summed E-state index contributed by atoms with van der Waals surface area (Å²) in [5.74, 6) is 0.872. The number of methoxy groups -OCH3 is 1. The van der Waals surface area contributed by atoms with E-state index in [-0.39, 0.29) is 0 Å². The Morgan fingerprint density at radius 2 is 1.63 bits per heavy atom. The zero-order valence-corrected chi connectivity index (χ0v) is 11.4. The molecule has 0 atom stereocenters. The summed E-state index contributed by atoms with van der Waals surface area (Å²) in [5, 5.41) is 13.1. The minimum absolute atomic E-state index is 0.619. The maximum absolute atomic E-state index is 10.8. The quantitative estimate of drug-likeness (QED) is 0.880. The number of rotatable bonds is 2. The molecule has 0 aliphatic heterocycles. The maximum atomic E-state index is 10.8. The van der Waals surface area contributed by atoms with Crippen LogP contribution in [0.4, 0.5) is 0 Å². The lowest BCUT2D eigenvalue weighted by Gasteiger charge is -2.32. The van der Waals surface area contributed by atoms with E-state index in [1.807, 2.05) is 12.1 Å². The van der Waals surface area contributed by atoms with Crippen LogP contribution in [0.2, 0.25) is 0 Å². The SMILES string of the molecule is COc1ccc2cc(C3(O)CCCCC3)ccc2c1. The molecule has 0 spiro atoms. The second kappa shape index (κ2) is 4.86. The van der Waals surface area contributed by atoms with Crippen molar-refractivity contribution >= 4 is 10.8 Å². The van der Waals surface area contributed by atoms with Gasteiger partial charge in [0.2, 0.25) is 0 Å². The van der Waals surface area contributed by atoms with Gasteiger partial charge in [-0.1, -0.05) is 37.5 Å². The fourth-order valence-electron chi connectivity index (χ4n) is 3.07. The second-order valence-electron chi connectivity index (χ2n) is 5.52. The van der Waals surface area contributed by atoms with E-state index in [4.69, 9.17) is 4.74 Å². The lowest BCUT2D eigenvalue weighted by Crippen LogP contribution is -2.28. The first-order valence-electron chi connectivity index (χ1n) is 7.02. The maximum Gasteiger partial charge on any atom is 0.119 e. The Kier molecular flexibility index (Phi) is 3.19. The van der Waals surface area contributed by atoms with Crippen LogP contribution in [0.25, 0.3) is 10.8 Å². The van der Waals surface area contributed by atoms with E-state index in [0.29, 0.717) is 0 Å². The van der Waals surface area contributed by atoms with Crippen LogP contribution in [0.1, 0.15) is 37.7 Å². The predicted octanol–water partition coefficient (Wildman–Crippen LogP) is 4.00. The Morgan fingerprint density at radius 1 is 0.947 bits per heavy atom. The van der Waals surface area contributed by atoms with Crippen LogP contribution in [-0.2, 0) is 5.60 Å². The van der Waals surface area contributed by atoms with Crippen LogP contribution < -0.4 is 4.74 Å². The molecule has 1 saturated carbocycles. The molecule has 0 heterocycles. The molecule has 100 valence electrons. The third kappa shape index (κ3) is 2.33. The smallest absolute Gasteiger partial charge is 0.119 e. The van der Waals surface area contributed by atoms with E-state index >= 15 is 0 Å². The summed E-state index contributed by atoms with van der Waals surface area (Å²) >= 11 is 0. The number of hydrogen-bond acceptors (Lipinski definition) is 2. The molecule has 0 aromatic heterocycles. The summed E-state index contributed by atoms with van der Waals surface area (Å²) in [4.78, 5) is 0. The summed E-state index contributed by atoms with van der Waals surface area (Å²) < 4.78 is 5.24. The summed E-state index contributed by atoms with van der Waals surface area (Å²) in [7, 11) is 1.68. The number of aliphatic hydroxyl groups is 1. The first-order valence-corrected chi connectivity index (χ1v) is 7.02. The molecular formula is C17H20O2. The monoisotopic (exact) mass is 256 g/mol. The van der Waals surface area contributed by atoms with Gasteiger partial charge >= 0.3 is 0 Å². The first kappa shape index (κ1) is 12.5. The normalized spacial score (nSPS) is 18.4. The minimum atomic E-state index is -0.619. The van der Waals surface area contributed by atoms with E-state index in [0.717, 1.165) is 47.8 Å². The molecule has 2 aromatic carbocycles. The van der Waals surface area contributed by atoms with Gasteiger partial charge in [0.15, 0.2) is 0 Å². The number of ether oxygens (including phenoxy) is 1. The molecule has 1 N–H and O–H groups in total. The molecule has 3 rings (SSSR count). The van der Waals surface area contributed by atoms with Crippen molar-refractivity contribution in [3.05, 3.63) is 42.0 Å². The summed E-state index contributed by atoms with van der Waals surface area (Å²) in [6.45, 7) is 0. The van der Waals surface area contributed by atoms with Gasteiger partial charge in [0.25, 0.3) is 0 Å². The third-order valence-electron chi connectivity index (χ3n) is 4.27. The Hall–Kier alpha value is -1.54. The fourth-order valence-corrected chi connectivity index (χ4v) is 3.07. The van der Waals surface area contributed by atoms with Gasteiger partial charge in [0.05, 0.1) is 12.7 Å². The van der Waals surface area contributed by atoms with E-state index < -0.39 is 5.60 Å². The highest BCUT2D eigenvalue weighted by molar-refractivity contribution is 5.84. The van der Waals surface area contributed by atoms with Crippen LogP contribution >= 0.6 is 0 Å². The molecule has 1 aliphatic carbocycles. The van der Waals surface area contributed by atoms with E-state index in [1.54, 1.807) is 7.11 Å². The molecule has 1 fully saturated rings. The minimum Gasteiger partial charge on any atom is -0.497 e. The Labute approximate surface area is 114 Å². The summed E-state index contributed by atoms with van der Waals surface area (Å²) in [5.41, 5.74) is 0.441. The second-order valence-corrected chi connectivity index (χ2v) is 5.52. The van der Waals surface area contributed by atoms with Crippen molar-refractivity contribution < 1.29 is 9.84 Å². The van der Waals surface area contributed by atoms with Gasteiger partial charge in [-0.15, -0.1) is 0 Å². The van der Waals surface area contributed by atoms with Crippen LogP contribution in [0.15, 0.2) is 36.4 Å². The number of hydrogen-bond donors (Lipinski definition) is 1. The zero-order valence-electron chi connectivity index (χ0n) is 11.4. The van der Waals surface area contributed by atoms with Crippen LogP contribution in [0, 0.1) is 0 Å². The Bertz CT molecular complexity index is 583. The van der Waals surface area contributed by atoms with Crippen molar-refractivity contribution in [3.63, 3.8) is 0 Å². The number of benzene rings is 2. The third-order valence-corrected chi connectivity index (χ3v) is 4.27. The van der Waals surface area contributed by atoms with Crippen molar-refractivity contribution in [2.75, 3.05) is 7.11 Å². The standard InChI is InChI=1S/C17H20O2/c1-19-16-8-6-13-11-15(7-5-14(13)12-16)17(18)9-3-2-4-10-17/h5-8,11-12,18H,2-4,9-10H2,1H3. The van der Waals surface area contributed by atoms with Crippen molar-refractivity contribution in [2.45, 2.75) is 37.7 Å². The van der Waals surface area contributed by atoms with Gasteiger partial charge in [-0.25, -0.2) is 0 Å². The molecule has 0 radical (unpaired) electrons. The molecule has 2 nitrogen and oxygen atoms in total. The van der Waals surface area contributed by atoms with Crippen LogP contribution in [0.5, 0.6) is 5.75 Å². The van der Waals surface area contributed by atoms with Crippen molar-refractivity contribution in [1.82, 2.24) is 0 Å². The average Bonchev–Trinajstić information content (AvgIpc) is 2.47. The average molecular weight is 256 g/mol. The molecule has 1 aliphatic rings. The van der Waals surface area contributed by atoms with Gasteiger partial charge in [0, 0.05) is 0 Å². The van der Waals surface area contributed by atoms with Gasteiger partial charge < -0.3 is 9.84 Å². The van der Waals surface area contributed by atoms with Crippen molar-refractivity contribution in [1.29, 1.82) is 0 Å². The molecule has 0 amide bonds. The van der Waals surface area contributed by atoms with Gasteiger partial charge in [-0.2, -0.15) is 0 Å². The molecule has 0 unspecified atom stereocenters. The van der Waals surface area contributed by atoms with Gasteiger partial charge in [-0.05, 0) is 47.4 Å². The summed E-state index contributed by atoms with van der Waals surface area (Å²) in [6.07, 6.45) is 5.25. The molecular weight excluding hydrogens is 236 g/mol. The van der Waals surface area contributed by atoms with Crippen molar-refractivity contribution in [3.8, 4) is 5.75 Å². The molecule has 0 saturated heterocycles. The first-order chi connectivity index (χ1) is 9.21. The Balaban J connectivity index is 2.01. The molecule has 2 aromatic rings. The lowest BCUT2D eigenvalue weighted by atomic mass is 9.79.